The standard InChI is InChI=1S/C38H65NO5S/c1-3-5-7-9-11-13-15-17-19-21-23-25-27-29-31-33-37(40)36(35-45(42,43)44)39-38(41)34-32-30-28-26-24-22-20-18-16-14-12-10-8-6-4-2/h6,8,12,14,18,20,24,26,30-33,36-37,40H,3-5,7,9-11,13,15-17,19,21-23,25,27-29,34-35H2,1-2H3,(H,39,41)(H,42,43,44)/b8-6-,14-12-,20-18-,26-24-,32-30-,33-31+. The van der Waals surface area contributed by atoms with Gasteiger partial charge in [0.05, 0.1) is 17.9 Å². The molecule has 7 heteroatoms. The molecule has 0 radical (unpaired) electrons. The molecule has 0 aromatic heterocycles. The van der Waals surface area contributed by atoms with Crippen LogP contribution in [-0.4, -0.2) is 41.9 Å². The number of unbranched alkanes of at least 4 members (excludes halogenated alkanes) is 13. The third-order valence-electron chi connectivity index (χ3n) is 7.42. The second-order valence-corrected chi connectivity index (χ2v) is 13.3. The van der Waals surface area contributed by atoms with E-state index < -0.39 is 33.9 Å². The first-order valence-corrected chi connectivity index (χ1v) is 19.2. The maximum Gasteiger partial charge on any atom is 0.267 e. The summed E-state index contributed by atoms with van der Waals surface area (Å²) in [6.45, 7) is 4.38. The zero-order chi connectivity index (χ0) is 33.3. The summed E-state index contributed by atoms with van der Waals surface area (Å²) in [6.07, 6.45) is 44.8. The van der Waals surface area contributed by atoms with Gasteiger partial charge in [-0.15, -0.1) is 0 Å². The lowest BCUT2D eigenvalue weighted by atomic mass is 10.0. The quantitative estimate of drug-likeness (QED) is 0.0409. The van der Waals surface area contributed by atoms with Crippen LogP contribution in [0.25, 0.3) is 0 Å². The van der Waals surface area contributed by atoms with Crippen molar-refractivity contribution in [2.75, 3.05) is 5.75 Å². The van der Waals surface area contributed by atoms with Crippen LogP contribution >= 0.6 is 0 Å². The maximum absolute atomic E-state index is 12.4. The maximum atomic E-state index is 12.4. The summed E-state index contributed by atoms with van der Waals surface area (Å²) in [7, 11) is -4.37. The Kier molecular flexibility index (Phi) is 30.2. The van der Waals surface area contributed by atoms with E-state index in [0.717, 1.165) is 44.9 Å². The van der Waals surface area contributed by atoms with Gasteiger partial charge in [-0.05, 0) is 44.9 Å². The van der Waals surface area contributed by atoms with Crippen LogP contribution < -0.4 is 5.32 Å². The molecule has 3 N–H and O–H groups in total. The van der Waals surface area contributed by atoms with Crippen LogP contribution in [0.3, 0.4) is 0 Å². The Balaban J connectivity index is 4.19. The number of allylic oxidation sites excluding steroid dienone is 10. The third kappa shape index (κ3) is 33.0. The molecule has 6 nitrogen and oxygen atoms in total. The predicted molar refractivity (Wildman–Crippen MR) is 193 cm³/mol. The van der Waals surface area contributed by atoms with E-state index in [4.69, 9.17) is 0 Å². The van der Waals surface area contributed by atoms with E-state index in [2.05, 4.69) is 61.7 Å². The Morgan fingerprint density at radius 2 is 1.04 bits per heavy atom. The lowest BCUT2D eigenvalue weighted by Crippen LogP contribution is -2.46. The minimum Gasteiger partial charge on any atom is -0.387 e. The topological polar surface area (TPSA) is 104 Å². The fourth-order valence-electron chi connectivity index (χ4n) is 4.81. The number of hydrogen-bond acceptors (Lipinski definition) is 4. The second-order valence-electron chi connectivity index (χ2n) is 11.8. The first kappa shape index (κ1) is 42.8. The summed E-state index contributed by atoms with van der Waals surface area (Å²) in [5.41, 5.74) is 0. The molecule has 0 bridgehead atoms. The van der Waals surface area contributed by atoms with Gasteiger partial charge in [0.1, 0.15) is 0 Å². The van der Waals surface area contributed by atoms with Crippen LogP contribution in [0.1, 0.15) is 142 Å². The highest BCUT2D eigenvalue weighted by atomic mass is 32.2. The van der Waals surface area contributed by atoms with Crippen LogP contribution in [0, 0.1) is 0 Å². The van der Waals surface area contributed by atoms with E-state index in [9.17, 15) is 22.9 Å². The Labute approximate surface area is 276 Å². The number of hydrogen-bond donors (Lipinski definition) is 3. The first-order valence-electron chi connectivity index (χ1n) is 17.6. The van der Waals surface area contributed by atoms with Crippen molar-refractivity contribution in [1.29, 1.82) is 0 Å². The number of carbonyl (C=O) groups excluding carboxylic acids is 1. The van der Waals surface area contributed by atoms with E-state index in [1.807, 2.05) is 18.2 Å². The molecule has 0 aliphatic carbocycles. The molecule has 0 spiro atoms. The van der Waals surface area contributed by atoms with Crippen molar-refractivity contribution in [1.82, 2.24) is 5.32 Å². The van der Waals surface area contributed by atoms with Gasteiger partial charge >= 0.3 is 0 Å². The normalized spacial score (nSPS) is 14.3. The van der Waals surface area contributed by atoms with E-state index >= 15 is 0 Å². The molecule has 0 aliphatic heterocycles. The minimum atomic E-state index is -4.37. The van der Waals surface area contributed by atoms with Gasteiger partial charge in [-0.2, -0.15) is 8.42 Å². The molecule has 45 heavy (non-hydrogen) atoms. The number of carbonyl (C=O) groups is 1. The number of aliphatic hydroxyl groups is 1. The van der Waals surface area contributed by atoms with Crippen LogP contribution in [0.4, 0.5) is 0 Å². The van der Waals surface area contributed by atoms with Crippen molar-refractivity contribution in [3.63, 3.8) is 0 Å². The lowest BCUT2D eigenvalue weighted by molar-refractivity contribution is -0.121. The van der Waals surface area contributed by atoms with Crippen molar-refractivity contribution >= 4 is 16.0 Å². The van der Waals surface area contributed by atoms with Gasteiger partial charge in [-0.25, -0.2) is 0 Å². The Hall–Kier alpha value is -2.22. The Morgan fingerprint density at radius 3 is 1.49 bits per heavy atom. The van der Waals surface area contributed by atoms with Crippen LogP contribution in [0.2, 0.25) is 0 Å². The van der Waals surface area contributed by atoms with E-state index in [1.54, 1.807) is 6.08 Å². The SMILES string of the molecule is CC/C=C\C/C=C\C/C=C\C/C=C\C/C=C\CC(=O)NC(CS(=O)(=O)O)C(O)/C=C/CCCCCCCCCCCCCCC. The molecule has 0 aliphatic rings. The summed E-state index contributed by atoms with van der Waals surface area (Å²) in [6, 6.07) is -1.11. The van der Waals surface area contributed by atoms with Crippen molar-refractivity contribution in [2.24, 2.45) is 0 Å². The van der Waals surface area contributed by atoms with Crippen molar-refractivity contribution in [2.45, 2.75) is 154 Å². The zero-order valence-corrected chi connectivity index (χ0v) is 29.3. The van der Waals surface area contributed by atoms with Crippen LogP contribution in [0.5, 0.6) is 0 Å². The van der Waals surface area contributed by atoms with Crippen molar-refractivity contribution in [3.05, 3.63) is 72.9 Å². The average Bonchev–Trinajstić information content (AvgIpc) is 3.00. The fourth-order valence-corrected chi connectivity index (χ4v) is 5.54. The van der Waals surface area contributed by atoms with Gasteiger partial charge in [0.15, 0.2) is 0 Å². The monoisotopic (exact) mass is 647 g/mol. The Bertz CT molecular complexity index is 978. The summed E-state index contributed by atoms with van der Waals surface area (Å²) in [5.74, 6) is -1.15. The van der Waals surface area contributed by atoms with Gasteiger partial charge in [0.2, 0.25) is 5.91 Å². The molecule has 0 fully saturated rings. The fraction of sp³-hybridized carbons (Fsp3) is 0.658. The van der Waals surface area contributed by atoms with Crippen molar-refractivity contribution in [3.8, 4) is 0 Å². The minimum absolute atomic E-state index is 0.0604. The van der Waals surface area contributed by atoms with E-state index in [0.29, 0.717) is 6.42 Å². The molecule has 2 atom stereocenters. The molecule has 2 unspecified atom stereocenters. The molecule has 0 aromatic rings. The summed E-state index contributed by atoms with van der Waals surface area (Å²) >= 11 is 0. The number of aliphatic hydroxyl groups excluding tert-OH is 1. The highest BCUT2D eigenvalue weighted by Crippen LogP contribution is 2.13. The van der Waals surface area contributed by atoms with Crippen LogP contribution in [0.15, 0.2) is 72.9 Å². The van der Waals surface area contributed by atoms with Gasteiger partial charge < -0.3 is 10.4 Å². The molecule has 1 amide bonds. The number of amides is 1. The molecule has 0 heterocycles. The predicted octanol–water partition coefficient (Wildman–Crippen LogP) is 9.90. The lowest BCUT2D eigenvalue weighted by Gasteiger charge is -2.20. The van der Waals surface area contributed by atoms with Gasteiger partial charge in [0, 0.05) is 6.42 Å². The van der Waals surface area contributed by atoms with Crippen LogP contribution in [-0.2, 0) is 14.9 Å². The summed E-state index contributed by atoms with van der Waals surface area (Å²) in [4.78, 5) is 12.4. The van der Waals surface area contributed by atoms with Gasteiger partial charge in [-0.3, -0.25) is 9.35 Å². The van der Waals surface area contributed by atoms with E-state index in [-0.39, 0.29) is 6.42 Å². The van der Waals surface area contributed by atoms with Crippen molar-refractivity contribution < 1.29 is 22.9 Å². The largest absolute Gasteiger partial charge is 0.387 e. The summed E-state index contributed by atoms with van der Waals surface area (Å²) in [5, 5.41) is 13.1. The second kappa shape index (κ2) is 31.7. The number of nitrogens with one attached hydrogen (secondary N) is 1. The molecular formula is C38H65NO5S. The van der Waals surface area contributed by atoms with Gasteiger partial charge in [-0.1, -0.05) is 164 Å². The van der Waals surface area contributed by atoms with E-state index in [1.165, 1.54) is 76.7 Å². The zero-order valence-electron chi connectivity index (χ0n) is 28.5. The molecule has 0 saturated carbocycles. The molecule has 0 saturated heterocycles. The van der Waals surface area contributed by atoms with Gasteiger partial charge in [0.25, 0.3) is 10.1 Å². The first-order chi connectivity index (χ1) is 21.8. The highest BCUT2D eigenvalue weighted by Gasteiger charge is 2.24. The Morgan fingerprint density at radius 1 is 0.622 bits per heavy atom. The molecule has 258 valence electrons. The average molecular weight is 648 g/mol. The molecule has 0 rings (SSSR count). The third-order valence-corrected chi connectivity index (χ3v) is 8.20. The smallest absolute Gasteiger partial charge is 0.267 e. The summed E-state index contributed by atoms with van der Waals surface area (Å²) < 4.78 is 32.3. The molecule has 0 aromatic carbocycles. The molecular weight excluding hydrogens is 582 g/mol. The number of rotatable bonds is 30. The highest BCUT2D eigenvalue weighted by molar-refractivity contribution is 7.85.